The first-order valence-corrected chi connectivity index (χ1v) is 9.11. The van der Waals surface area contributed by atoms with Crippen molar-refractivity contribution < 1.29 is 0 Å². The highest BCUT2D eigenvalue weighted by Gasteiger charge is 2.37. The van der Waals surface area contributed by atoms with Gasteiger partial charge in [-0.25, -0.2) is 0 Å². The number of rotatable bonds is 3. The van der Waals surface area contributed by atoms with Crippen molar-refractivity contribution >= 4 is 0 Å². The molecule has 1 aliphatic heterocycles. The normalized spacial score (nSPS) is 26.8. The Morgan fingerprint density at radius 1 is 0.958 bits per heavy atom. The Hall–Kier alpha value is -2.11. The molecule has 0 bridgehead atoms. The molecule has 1 atom stereocenters. The SMILES string of the molecule is C[C@H]1CCCN1[C@H]1C[C@H](c2ccc(-c3ccc(C#N)cc3)cc2)C1. The molecule has 122 valence electrons. The van der Waals surface area contributed by atoms with Crippen LogP contribution in [0.1, 0.15) is 49.7 Å². The van der Waals surface area contributed by atoms with Gasteiger partial charge in [-0.05, 0) is 73.9 Å². The van der Waals surface area contributed by atoms with Gasteiger partial charge in [-0.3, -0.25) is 4.90 Å². The van der Waals surface area contributed by atoms with E-state index in [1.165, 1.54) is 48.9 Å². The molecule has 2 heteroatoms. The van der Waals surface area contributed by atoms with Crippen molar-refractivity contribution in [2.45, 2.75) is 50.6 Å². The zero-order chi connectivity index (χ0) is 16.5. The van der Waals surface area contributed by atoms with Crippen LogP contribution in [-0.4, -0.2) is 23.5 Å². The van der Waals surface area contributed by atoms with Crippen LogP contribution in [0.3, 0.4) is 0 Å². The molecule has 2 fully saturated rings. The molecule has 2 aliphatic rings. The van der Waals surface area contributed by atoms with Gasteiger partial charge in [-0.2, -0.15) is 5.26 Å². The van der Waals surface area contributed by atoms with E-state index >= 15 is 0 Å². The second kappa shape index (κ2) is 6.42. The molecule has 4 rings (SSSR count). The first kappa shape index (κ1) is 15.4. The average molecular weight is 316 g/mol. The molecule has 0 amide bonds. The van der Waals surface area contributed by atoms with Gasteiger partial charge in [0.05, 0.1) is 11.6 Å². The van der Waals surface area contributed by atoms with Crippen LogP contribution in [0.2, 0.25) is 0 Å². The number of benzene rings is 2. The van der Waals surface area contributed by atoms with Crippen molar-refractivity contribution in [2.24, 2.45) is 0 Å². The van der Waals surface area contributed by atoms with E-state index in [0.717, 1.165) is 18.0 Å². The first-order valence-electron chi connectivity index (χ1n) is 9.11. The molecule has 0 N–H and O–H groups in total. The van der Waals surface area contributed by atoms with Gasteiger partial charge in [-0.1, -0.05) is 36.4 Å². The fourth-order valence-electron chi connectivity index (χ4n) is 4.31. The molecule has 2 aromatic rings. The number of hydrogen-bond donors (Lipinski definition) is 0. The molecule has 2 nitrogen and oxygen atoms in total. The predicted molar refractivity (Wildman–Crippen MR) is 97.8 cm³/mol. The zero-order valence-electron chi connectivity index (χ0n) is 14.3. The van der Waals surface area contributed by atoms with E-state index in [2.05, 4.69) is 42.2 Å². The van der Waals surface area contributed by atoms with Crippen molar-refractivity contribution in [1.29, 1.82) is 5.26 Å². The van der Waals surface area contributed by atoms with Crippen LogP contribution >= 0.6 is 0 Å². The van der Waals surface area contributed by atoms with E-state index in [1.807, 2.05) is 24.3 Å². The fourth-order valence-corrected chi connectivity index (χ4v) is 4.31. The Morgan fingerprint density at radius 2 is 1.58 bits per heavy atom. The Kier molecular flexibility index (Phi) is 4.12. The first-order chi connectivity index (χ1) is 11.7. The summed E-state index contributed by atoms with van der Waals surface area (Å²) < 4.78 is 0. The lowest BCUT2D eigenvalue weighted by atomic mass is 9.74. The monoisotopic (exact) mass is 316 g/mol. The van der Waals surface area contributed by atoms with Gasteiger partial charge >= 0.3 is 0 Å². The summed E-state index contributed by atoms with van der Waals surface area (Å²) in [4.78, 5) is 2.72. The molecule has 0 radical (unpaired) electrons. The number of nitrogens with zero attached hydrogens (tertiary/aromatic N) is 2. The predicted octanol–water partition coefficient (Wildman–Crippen LogP) is 4.96. The second-order valence-electron chi connectivity index (χ2n) is 7.36. The topological polar surface area (TPSA) is 27.0 Å². The molecule has 0 spiro atoms. The molecule has 1 aliphatic carbocycles. The summed E-state index contributed by atoms with van der Waals surface area (Å²) >= 11 is 0. The summed E-state index contributed by atoms with van der Waals surface area (Å²) in [6, 6.07) is 20.6. The third-order valence-electron chi connectivity index (χ3n) is 5.92. The zero-order valence-corrected chi connectivity index (χ0v) is 14.3. The summed E-state index contributed by atoms with van der Waals surface area (Å²) in [6.07, 6.45) is 5.39. The van der Waals surface area contributed by atoms with Gasteiger partial charge in [0, 0.05) is 12.1 Å². The lowest BCUT2D eigenvalue weighted by molar-refractivity contribution is 0.103. The van der Waals surface area contributed by atoms with Crippen molar-refractivity contribution in [3.8, 4) is 17.2 Å². The van der Waals surface area contributed by atoms with Crippen LogP contribution in [0.25, 0.3) is 11.1 Å². The smallest absolute Gasteiger partial charge is 0.0991 e. The highest BCUT2D eigenvalue weighted by atomic mass is 15.2. The minimum Gasteiger partial charge on any atom is -0.298 e. The molecule has 1 saturated heterocycles. The van der Waals surface area contributed by atoms with Crippen LogP contribution in [0.4, 0.5) is 0 Å². The van der Waals surface area contributed by atoms with Crippen molar-refractivity contribution in [1.82, 2.24) is 4.90 Å². The van der Waals surface area contributed by atoms with E-state index in [0.29, 0.717) is 5.56 Å². The lowest BCUT2D eigenvalue weighted by Crippen LogP contribution is -2.45. The van der Waals surface area contributed by atoms with Crippen LogP contribution in [-0.2, 0) is 0 Å². The minimum absolute atomic E-state index is 0.715. The molecular formula is C22H24N2. The molecular weight excluding hydrogens is 292 g/mol. The van der Waals surface area contributed by atoms with E-state index < -0.39 is 0 Å². The number of likely N-dealkylation sites (tertiary alicyclic amines) is 1. The second-order valence-corrected chi connectivity index (χ2v) is 7.36. The third kappa shape index (κ3) is 2.85. The van der Waals surface area contributed by atoms with Crippen LogP contribution < -0.4 is 0 Å². The molecule has 0 unspecified atom stereocenters. The van der Waals surface area contributed by atoms with E-state index in [4.69, 9.17) is 5.26 Å². The van der Waals surface area contributed by atoms with Crippen molar-refractivity contribution in [2.75, 3.05) is 6.54 Å². The Morgan fingerprint density at radius 3 is 2.12 bits per heavy atom. The summed E-state index contributed by atoms with van der Waals surface area (Å²) in [7, 11) is 0. The van der Waals surface area contributed by atoms with E-state index in [-0.39, 0.29) is 0 Å². The fraction of sp³-hybridized carbons (Fsp3) is 0.409. The van der Waals surface area contributed by atoms with Crippen LogP contribution in [0.15, 0.2) is 48.5 Å². The van der Waals surface area contributed by atoms with Crippen molar-refractivity contribution in [3.63, 3.8) is 0 Å². The van der Waals surface area contributed by atoms with Gasteiger partial charge in [0.25, 0.3) is 0 Å². The molecule has 0 aromatic heterocycles. The standard InChI is InChI=1S/C22H24N2/c1-16-3-2-12-24(16)22-13-21(14-22)20-10-8-19(9-11-20)18-6-4-17(15-23)5-7-18/h4-11,16,21-22H,2-3,12-14H2,1H3/t16-,21-,22-/m0/s1. The molecule has 1 saturated carbocycles. The van der Waals surface area contributed by atoms with Crippen LogP contribution in [0.5, 0.6) is 0 Å². The summed E-state index contributed by atoms with van der Waals surface area (Å²) in [6.45, 7) is 3.68. The largest absolute Gasteiger partial charge is 0.298 e. The van der Waals surface area contributed by atoms with Crippen LogP contribution in [0, 0.1) is 11.3 Å². The van der Waals surface area contributed by atoms with Gasteiger partial charge in [0.2, 0.25) is 0 Å². The highest BCUT2D eigenvalue weighted by Crippen LogP contribution is 2.42. The third-order valence-corrected chi connectivity index (χ3v) is 5.92. The maximum atomic E-state index is 8.89. The van der Waals surface area contributed by atoms with E-state index in [9.17, 15) is 0 Å². The molecule has 24 heavy (non-hydrogen) atoms. The minimum atomic E-state index is 0.715. The number of hydrogen-bond acceptors (Lipinski definition) is 2. The quantitative estimate of drug-likeness (QED) is 0.800. The van der Waals surface area contributed by atoms with Gasteiger partial charge in [0.15, 0.2) is 0 Å². The van der Waals surface area contributed by atoms with Gasteiger partial charge in [-0.15, -0.1) is 0 Å². The molecule has 2 aromatic carbocycles. The Bertz CT molecular complexity index is 733. The Balaban J connectivity index is 1.40. The summed E-state index contributed by atoms with van der Waals surface area (Å²) in [5.41, 5.74) is 4.60. The van der Waals surface area contributed by atoms with Crippen molar-refractivity contribution in [3.05, 3.63) is 59.7 Å². The van der Waals surface area contributed by atoms with E-state index in [1.54, 1.807) is 0 Å². The maximum Gasteiger partial charge on any atom is 0.0991 e. The summed E-state index contributed by atoms with van der Waals surface area (Å²) in [5.74, 6) is 0.734. The maximum absolute atomic E-state index is 8.89. The lowest BCUT2D eigenvalue weighted by Gasteiger charge is -2.43. The molecule has 1 heterocycles. The highest BCUT2D eigenvalue weighted by molar-refractivity contribution is 5.64. The number of nitriles is 1. The Labute approximate surface area is 144 Å². The van der Waals surface area contributed by atoms with Gasteiger partial charge in [0.1, 0.15) is 0 Å². The van der Waals surface area contributed by atoms with Gasteiger partial charge < -0.3 is 0 Å². The average Bonchev–Trinajstić information content (AvgIpc) is 3.00. The summed E-state index contributed by atoms with van der Waals surface area (Å²) in [5, 5.41) is 8.89.